The lowest BCUT2D eigenvalue weighted by Gasteiger charge is -2.09. The molecule has 0 N–H and O–H groups in total. The molecule has 18 heavy (non-hydrogen) atoms. The van der Waals surface area contributed by atoms with E-state index in [1.807, 2.05) is 0 Å². The van der Waals surface area contributed by atoms with E-state index in [2.05, 4.69) is 24.3 Å². The molecule has 1 aromatic carbocycles. The molecule has 2 aliphatic rings. The summed E-state index contributed by atoms with van der Waals surface area (Å²) in [6.07, 6.45) is 5.21. The first kappa shape index (κ1) is 11.2. The van der Waals surface area contributed by atoms with Crippen molar-refractivity contribution in [2.45, 2.75) is 31.1 Å². The molecule has 0 bridgehead atoms. The number of para-hydroxylation sites is 1. The van der Waals surface area contributed by atoms with Gasteiger partial charge in [-0.05, 0) is 42.7 Å². The molecule has 0 radical (unpaired) electrons. The van der Waals surface area contributed by atoms with Crippen molar-refractivity contribution in [1.29, 1.82) is 0 Å². The molecule has 2 fully saturated rings. The zero-order valence-corrected chi connectivity index (χ0v) is 11.8. The van der Waals surface area contributed by atoms with Crippen LogP contribution in [0.25, 0.3) is 10.2 Å². The Morgan fingerprint density at radius 1 is 1.28 bits per heavy atom. The van der Waals surface area contributed by atoms with Crippen LogP contribution in [0.15, 0.2) is 24.3 Å². The van der Waals surface area contributed by atoms with Crippen LogP contribution in [0, 0.1) is 17.8 Å². The SMILES string of the molecule is ClC(Cc1nc2ccccc2s1)C1C2CCCC21. The number of halogens is 1. The molecule has 2 aliphatic carbocycles. The second-order valence-corrected chi connectivity index (χ2v) is 7.31. The van der Waals surface area contributed by atoms with E-state index >= 15 is 0 Å². The zero-order valence-electron chi connectivity index (χ0n) is 10.2. The van der Waals surface area contributed by atoms with E-state index in [9.17, 15) is 0 Å². The van der Waals surface area contributed by atoms with Crippen LogP contribution in [-0.2, 0) is 6.42 Å². The van der Waals surface area contributed by atoms with Crippen molar-refractivity contribution in [2.24, 2.45) is 17.8 Å². The standard InChI is InChI=1S/C15H16ClNS/c16-11(15-9-4-3-5-10(9)15)8-14-17-12-6-1-2-7-13(12)18-14/h1-2,6-7,9-11,15H,3-5,8H2. The topological polar surface area (TPSA) is 12.9 Å². The van der Waals surface area contributed by atoms with Crippen molar-refractivity contribution in [3.8, 4) is 0 Å². The second kappa shape index (κ2) is 4.21. The molecule has 1 nitrogen and oxygen atoms in total. The fraction of sp³-hybridized carbons (Fsp3) is 0.533. The quantitative estimate of drug-likeness (QED) is 0.753. The van der Waals surface area contributed by atoms with Gasteiger partial charge in [0.1, 0.15) is 0 Å². The fourth-order valence-electron chi connectivity index (χ4n) is 3.72. The highest BCUT2D eigenvalue weighted by Gasteiger charge is 2.55. The molecular weight excluding hydrogens is 262 g/mol. The lowest BCUT2D eigenvalue weighted by Crippen LogP contribution is -2.09. The van der Waals surface area contributed by atoms with Crippen LogP contribution in [-0.4, -0.2) is 10.4 Å². The Morgan fingerprint density at radius 3 is 2.83 bits per heavy atom. The number of thiazole rings is 1. The predicted molar refractivity (Wildman–Crippen MR) is 77.3 cm³/mol. The summed E-state index contributed by atoms with van der Waals surface area (Å²) in [7, 11) is 0. The van der Waals surface area contributed by atoms with Gasteiger partial charge in [-0.1, -0.05) is 18.6 Å². The molecule has 1 heterocycles. The Bertz CT molecular complexity index is 536. The maximum atomic E-state index is 6.61. The van der Waals surface area contributed by atoms with Crippen LogP contribution in [0.1, 0.15) is 24.3 Å². The largest absolute Gasteiger partial charge is 0.241 e. The van der Waals surface area contributed by atoms with E-state index in [1.165, 1.54) is 29.0 Å². The first-order valence-corrected chi connectivity index (χ1v) is 8.07. The molecule has 1 aromatic heterocycles. The molecule has 2 saturated carbocycles. The fourth-order valence-corrected chi connectivity index (χ4v) is 5.36. The summed E-state index contributed by atoms with van der Waals surface area (Å²) >= 11 is 8.41. The second-order valence-electron chi connectivity index (χ2n) is 5.63. The normalized spacial score (nSPS) is 31.5. The maximum Gasteiger partial charge on any atom is 0.0953 e. The van der Waals surface area contributed by atoms with Gasteiger partial charge in [-0.3, -0.25) is 0 Å². The predicted octanol–water partition coefficient (Wildman–Crippen LogP) is 4.49. The van der Waals surface area contributed by atoms with E-state index in [4.69, 9.17) is 16.6 Å². The smallest absolute Gasteiger partial charge is 0.0953 e. The Hall–Kier alpha value is -0.600. The molecule has 4 rings (SSSR count). The minimum atomic E-state index is 0.306. The Balaban J connectivity index is 1.50. The van der Waals surface area contributed by atoms with Gasteiger partial charge in [0.15, 0.2) is 0 Å². The zero-order chi connectivity index (χ0) is 12.1. The summed E-state index contributed by atoms with van der Waals surface area (Å²) in [5.74, 6) is 2.68. The van der Waals surface area contributed by atoms with Gasteiger partial charge in [0.25, 0.3) is 0 Å². The van der Waals surface area contributed by atoms with Gasteiger partial charge >= 0.3 is 0 Å². The Morgan fingerprint density at radius 2 is 2.06 bits per heavy atom. The van der Waals surface area contributed by atoms with Gasteiger partial charge in [-0.2, -0.15) is 0 Å². The number of hydrogen-bond donors (Lipinski definition) is 0. The lowest BCUT2D eigenvalue weighted by atomic mass is 10.1. The molecule has 3 heteroatoms. The highest BCUT2D eigenvalue weighted by atomic mass is 35.5. The molecule has 0 saturated heterocycles. The number of benzene rings is 1. The van der Waals surface area contributed by atoms with Crippen molar-refractivity contribution in [2.75, 3.05) is 0 Å². The molecule has 2 aromatic rings. The van der Waals surface area contributed by atoms with Crippen LogP contribution in [0.5, 0.6) is 0 Å². The van der Waals surface area contributed by atoms with Gasteiger partial charge < -0.3 is 0 Å². The first-order valence-electron chi connectivity index (χ1n) is 6.81. The van der Waals surface area contributed by atoms with Crippen molar-refractivity contribution in [1.82, 2.24) is 4.98 Å². The first-order chi connectivity index (χ1) is 8.83. The minimum Gasteiger partial charge on any atom is -0.241 e. The summed E-state index contributed by atoms with van der Waals surface area (Å²) in [6.45, 7) is 0. The molecule has 0 aliphatic heterocycles. The lowest BCUT2D eigenvalue weighted by molar-refractivity contribution is 0.558. The average molecular weight is 278 g/mol. The highest BCUT2D eigenvalue weighted by Crippen LogP contribution is 2.60. The van der Waals surface area contributed by atoms with E-state index in [1.54, 1.807) is 11.3 Å². The van der Waals surface area contributed by atoms with E-state index in [0.717, 1.165) is 29.7 Å². The molecular formula is C15H16ClNS. The van der Waals surface area contributed by atoms with E-state index < -0.39 is 0 Å². The molecule has 94 valence electrons. The maximum absolute atomic E-state index is 6.61. The third-order valence-electron chi connectivity index (χ3n) is 4.60. The average Bonchev–Trinajstić information content (AvgIpc) is 2.77. The summed E-state index contributed by atoms with van der Waals surface area (Å²) in [6, 6.07) is 8.36. The number of hydrogen-bond acceptors (Lipinski definition) is 2. The number of fused-ring (bicyclic) bond motifs is 2. The van der Waals surface area contributed by atoms with Crippen LogP contribution in [0.2, 0.25) is 0 Å². The number of nitrogens with zero attached hydrogens (tertiary/aromatic N) is 1. The molecule has 0 spiro atoms. The summed E-state index contributed by atoms with van der Waals surface area (Å²) in [4.78, 5) is 4.69. The minimum absolute atomic E-state index is 0.306. The van der Waals surface area contributed by atoms with Crippen molar-refractivity contribution in [3.63, 3.8) is 0 Å². The highest BCUT2D eigenvalue weighted by molar-refractivity contribution is 7.18. The van der Waals surface area contributed by atoms with Gasteiger partial charge in [-0.25, -0.2) is 4.98 Å². The van der Waals surface area contributed by atoms with Gasteiger partial charge in [0.05, 0.1) is 15.2 Å². The van der Waals surface area contributed by atoms with E-state index in [-0.39, 0.29) is 0 Å². The van der Waals surface area contributed by atoms with Gasteiger partial charge in [-0.15, -0.1) is 22.9 Å². The monoisotopic (exact) mass is 277 g/mol. The van der Waals surface area contributed by atoms with Crippen LogP contribution >= 0.6 is 22.9 Å². The van der Waals surface area contributed by atoms with Crippen LogP contribution < -0.4 is 0 Å². The van der Waals surface area contributed by atoms with Gasteiger partial charge in [0.2, 0.25) is 0 Å². The van der Waals surface area contributed by atoms with Crippen molar-refractivity contribution >= 4 is 33.2 Å². The third-order valence-corrected chi connectivity index (χ3v) is 6.10. The number of rotatable bonds is 3. The number of aromatic nitrogens is 1. The van der Waals surface area contributed by atoms with Crippen molar-refractivity contribution < 1.29 is 0 Å². The van der Waals surface area contributed by atoms with Crippen LogP contribution in [0.3, 0.4) is 0 Å². The summed E-state index contributed by atoms with van der Waals surface area (Å²) in [5, 5.41) is 1.52. The van der Waals surface area contributed by atoms with Crippen LogP contribution in [0.4, 0.5) is 0 Å². The Labute approximate surface area is 116 Å². The summed E-state index contributed by atoms with van der Waals surface area (Å²) in [5.41, 5.74) is 1.12. The third kappa shape index (κ3) is 1.78. The molecule has 0 amide bonds. The van der Waals surface area contributed by atoms with E-state index in [0.29, 0.717) is 5.38 Å². The Kier molecular flexibility index (Phi) is 2.63. The molecule has 3 unspecified atom stereocenters. The van der Waals surface area contributed by atoms with Crippen molar-refractivity contribution in [3.05, 3.63) is 29.3 Å². The number of alkyl halides is 1. The molecule has 3 atom stereocenters. The summed E-state index contributed by atoms with van der Waals surface area (Å²) < 4.78 is 1.28. The van der Waals surface area contributed by atoms with Gasteiger partial charge in [0, 0.05) is 11.8 Å².